The summed E-state index contributed by atoms with van der Waals surface area (Å²) in [6, 6.07) is 9.80. The summed E-state index contributed by atoms with van der Waals surface area (Å²) in [7, 11) is 0. The highest BCUT2D eigenvalue weighted by molar-refractivity contribution is 5.85. The van der Waals surface area contributed by atoms with Crippen molar-refractivity contribution in [3.63, 3.8) is 0 Å². The maximum atomic E-state index is 2.64. The van der Waals surface area contributed by atoms with Crippen LogP contribution in [0.2, 0.25) is 0 Å². The molecule has 1 aromatic carbocycles. The van der Waals surface area contributed by atoms with E-state index in [2.05, 4.69) is 29.2 Å². The molecule has 0 radical (unpaired) electrons. The Hall–Kier alpha value is -0.530. The molecule has 14 heavy (non-hydrogen) atoms. The number of nitrogens with zero attached hydrogens (tertiary/aromatic N) is 1. The molecule has 1 heterocycles. The quantitative estimate of drug-likeness (QED) is 0.688. The van der Waals surface area contributed by atoms with Gasteiger partial charge in [0.25, 0.3) is 0 Å². The number of rotatable bonds is 1. The van der Waals surface area contributed by atoms with Crippen LogP contribution in [-0.2, 0) is 13.0 Å². The van der Waals surface area contributed by atoms with Crippen molar-refractivity contribution in [3.05, 3.63) is 35.4 Å². The van der Waals surface area contributed by atoms with Crippen LogP contribution in [0.1, 0.15) is 24.0 Å². The van der Waals surface area contributed by atoms with Crippen LogP contribution in [0.4, 0.5) is 0 Å². The van der Waals surface area contributed by atoms with Crippen molar-refractivity contribution in [3.8, 4) is 0 Å². The van der Waals surface area contributed by atoms with E-state index in [4.69, 9.17) is 0 Å². The summed E-state index contributed by atoms with van der Waals surface area (Å²) in [5, 5.41) is 0. The van der Waals surface area contributed by atoms with Gasteiger partial charge in [-0.25, -0.2) is 0 Å². The lowest BCUT2D eigenvalue weighted by Crippen LogP contribution is -2.32. The van der Waals surface area contributed by atoms with Gasteiger partial charge in [0.05, 0.1) is 0 Å². The number of benzene rings is 1. The Labute approximate surface area is 91.5 Å². The molecule has 1 nitrogen and oxygen atoms in total. The highest BCUT2D eigenvalue weighted by atomic mass is 35.5. The van der Waals surface area contributed by atoms with Gasteiger partial charge in [0.15, 0.2) is 0 Å². The van der Waals surface area contributed by atoms with Crippen molar-refractivity contribution < 1.29 is 0 Å². The van der Waals surface area contributed by atoms with Crippen LogP contribution in [0.3, 0.4) is 0 Å². The molecule has 0 bridgehead atoms. The fourth-order valence-corrected chi connectivity index (χ4v) is 2.27. The summed E-state index contributed by atoms with van der Waals surface area (Å²) in [5.74, 6) is 0. The smallest absolute Gasteiger partial charge is 0.0239 e. The first-order chi connectivity index (χ1) is 6.43. The lowest BCUT2D eigenvalue weighted by atomic mass is 10.00. The molecule has 1 saturated carbocycles. The molecule has 0 atom stereocenters. The zero-order valence-electron chi connectivity index (χ0n) is 8.28. The summed E-state index contributed by atoms with van der Waals surface area (Å²) in [5.41, 5.74) is 3.13. The second-order valence-electron chi connectivity index (χ2n) is 4.22. The van der Waals surface area contributed by atoms with Crippen LogP contribution in [0.25, 0.3) is 0 Å². The van der Waals surface area contributed by atoms with Crippen LogP contribution in [0.5, 0.6) is 0 Å². The third-order valence-corrected chi connectivity index (χ3v) is 3.22. The summed E-state index contributed by atoms with van der Waals surface area (Å²) in [6.07, 6.45) is 4.12. The molecule has 0 amide bonds. The lowest BCUT2D eigenvalue weighted by molar-refractivity contribution is 0.244. The van der Waals surface area contributed by atoms with E-state index in [1.165, 1.54) is 32.4 Å². The van der Waals surface area contributed by atoms with Gasteiger partial charge >= 0.3 is 0 Å². The standard InChI is InChI=1S/C12H15N.ClH/c1-2-4-11-9-13(12-5-6-12)8-7-10(11)3-1;/h1-4,12H,5-9H2;1H. The van der Waals surface area contributed by atoms with E-state index < -0.39 is 0 Å². The van der Waals surface area contributed by atoms with Gasteiger partial charge in [-0.3, -0.25) is 4.90 Å². The van der Waals surface area contributed by atoms with Gasteiger partial charge in [0.1, 0.15) is 0 Å². The summed E-state index contributed by atoms with van der Waals surface area (Å²) >= 11 is 0. The first-order valence-electron chi connectivity index (χ1n) is 5.24. The Morgan fingerprint density at radius 1 is 1.07 bits per heavy atom. The van der Waals surface area contributed by atoms with Gasteiger partial charge in [-0.1, -0.05) is 24.3 Å². The maximum Gasteiger partial charge on any atom is 0.0239 e. The molecule has 1 aliphatic heterocycles. The molecular weight excluding hydrogens is 194 g/mol. The molecule has 3 rings (SSSR count). The van der Waals surface area contributed by atoms with Gasteiger partial charge in [-0.2, -0.15) is 0 Å². The summed E-state index contributed by atoms with van der Waals surface area (Å²) in [4.78, 5) is 2.64. The first kappa shape index (κ1) is 10.0. The molecule has 1 fully saturated rings. The molecule has 0 saturated heterocycles. The molecule has 2 aliphatic rings. The van der Waals surface area contributed by atoms with Crippen LogP contribution in [0.15, 0.2) is 24.3 Å². The number of hydrogen-bond donors (Lipinski definition) is 0. The van der Waals surface area contributed by atoms with Gasteiger partial charge in [-0.05, 0) is 30.4 Å². The molecule has 1 aromatic rings. The van der Waals surface area contributed by atoms with Crippen molar-refractivity contribution >= 4 is 12.4 Å². The molecule has 0 unspecified atom stereocenters. The summed E-state index contributed by atoms with van der Waals surface area (Å²) < 4.78 is 0. The average molecular weight is 210 g/mol. The highest BCUT2D eigenvalue weighted by Crippen LogP contribution is 2.31. The average Bonchev–Trinajstić information content (AvgIpc) is 3.00. The zero-order chi connectivity index (χ0) is 8.67. The second-order valence-corrected chi connectivity index (χ2v) is 4.22. The van der Waals surface area contributed by atoms with Crippen LogP contribution in [0, 0.1) is 0 Å². The fourth-order valence-electron chi connectivity index (χ4n) is 2.27. The van der Waals surface area contributed by atoms with Gasteiger partial charge in [0, 0.05) is 19.1 Å². The summed E-state index contributed by atoms with van der Waals surface area (Å²) in [6.45, 7) is 2.47. The molecular formula is C12H16ClN. The van der Waals surface area contributed by atoms with Gasteiger partial charge in [-0.15, -0.1) is 12.4 Å². The van der Waals surface area contributed by atoms with E-state index in [-0.39, 0.29) is 12.4 Å². The van der Waals surface area contributed by atoms with Gasteiger partial charge in [0.2, 0.25) is 0 Å². The molecule has 0 N–H and O–H groups in total. The Balaban J connectivity index is 0.000000750. The predicted octanol–water partition coefficient (Wildman–Crippen LogP) is 2.63. The third-order valence-electron chi connectivity index (χ3n) is 3.22. The minimum absolute atomic E-state index is 0. The molecule has 0 spiro atoms. The van der Waals surface area contributed by atoms with E-state index >= 15 is 0 Å². The highest BCUT2D eigenvalue weighted by Gasteiger charge is 2.30. The number of fused-ring (bicyclic) bond motifs is 1. The second kappa shape index (κ2) is 3.92. The topological polar surface area (TPSA) is 3.24 Å². The largest absolute Gasteiger partial charge is 0.296 e. The lowest BCUT2D eigenvalue weighted by Gasteiger charge is -2.28. The van der Waals surface area contributed by atoms with Crippen molar-refractivity contribution in [2.75, 3.05) is 6.54 Å². The Kier molecular flexibility index (Phi) is 2.80. The molecule has 2 heteroatoms. The van der Waals surface area contributed by atoms with Crippen LogP contribution in [-0.4, -0.2) is 17.5 Å². The minimum Gasteiger partial charge on any atom is -0.296 e. The Bertz CT molecular complexity index is 320. The Morgan fingerprint density at radius 3 is 2.50 bits per heavy atom. The third kappa shape index (κ3) is 1.79. The minimum atomic E-state index is 0. The number of halogens is 1. The van der Waals surface area contributed by atoms with Crippen molar-refractivity contribution in [1.29, 1.82) is 0 Å². The number of hydrogen-bond acceptors (Lipinski definition) is 1. The van der Waals surface area contributed by atoms with Crippen LogP contribution < -0.4 is 0 Å². The molecule has 1 aliphatic carbocycles. The fraction of sp³-hybridized carbons (Fsp3) is 0.500. The Morgan fingerprint density at radius 2 is 1.79 bits per heavy atom. The van der Waals surface area contributed by atoms with Crippen molar-refractivity contribution in [2.45, 2.75) is 31.8 Å². The van der Waals surface area contributed by atoms with E-state index in [0.717, 1.165) is 6.04 Å². The van der Waals surface area contributed by atoms with E-state index in [1.807, 2.05) is 0 Å². The van der Waals surface area contributed by atoms with E-state index in [9.17, 15) is 0 Å². The van der Waals surface area contributed by atoms with Gasteiger partial charge < -0.3 is 0 Å². The zero-order valence-corrected chi connectivity index (χ0v) is 9.09. The monoisotopic (exact) mass is 209 g/mol. The molecule has 76 valence electrons. The van der Waals surface area contributed by atoms with E-state index in [1.54, 1.807) is 11.1 Å². The molecule has 0 aromatic heterocycles. The van der Waals surface area contributed by atoms with Crippen molar-refractivity contribution in [1.82, 2.24) is 4.90 Å². The normalized spacial score (nSPS) is 21.1. The van der Waals surface area contributed by atoms with Crippen LogP contribution >= 0.6 is 12.4 Å². The van der Waals surface area contributed by atoms with E-state index in [0.29, 0.717) is 0 Å². The maximum absolute atomic E-state index is 2.64. The predicted molar refractivity (Wildman–Crippen MR) is 60.8 cm³/mol. The van der Waals surface area contributed by atoms with Crippen molar-refractivity contribution in [2.24, 2.45) is 0 Å². The SMILES string of the molecule is Cl.c1ccc2c(c1)CCN(C1CC1)C2. The first-order valence-corrected chi connectivity index (χ1v) is 5.24.